The minimum Gasteiger partial charge on any atom is -0.479 e. The van der Waals surface area contributed by atoms with Crippen molar-refractivity contribution in [3.63, 3.8) is 0 Å². The lowest BCUT2D eigenvalue weighted by molar-refractivity contribution is -0.138. The lowest BCUT2D eigenvalue weighted by atomic mass is 10.1. The van der Waals surface area contributed by atoms with E-state index in [2.05, 4.69) is 5.32 Å². The Morgan fingerprint density at radius 1 is 1.05 bits per heavy atom. The van der Waals surface area contributed by atoms with E-state index in [4.69, 9.17) is 0 Å². The summed E-state index contributed by atoms with van der Waals surface area (Å²) in [7, 11) is 3.93. The quantitative estimate of drug-likeness (QED) is 0.877. The SMILES string of the molecule is CN(C)c1ccc(NC(C(=O)O)c2ccccc2)cc1. The van der Waals surface area contributed by atoms with Crippen LogP contribution in [0, 0.1) is 0 Å². The third-order valence-electron chi connectivity index (χ3n) is 3.07. The van der Waals surface area contributed by atoms with Gasteiger partial charge in [0.15, 0.2) is 6.04 Å². The molecule has 4 nitrogen and oxygen atoms in total. The van der Waals surface area contributed by atoms with E-state index in [1.54, 1.807) is 12.1 Å². The van der Waals surface area contributed by atoms with Gasteiger partial charge in [-0.25, -0.2) is 4.79 Å². The molecule has 0 aliphatic heterocycles. The summed E-state index contributed by atoms with van der Waals surface area (Å²) in [4.78, 5) is 13.4. The number of carboxylic acid groups (broad SMARTS) is 1. The Bertz CT molecular complexity index is 565. The van der Waals surface area contributed by atoms with Crippen LogP contribution < -0.4 is 10.2 Å². The Kier molecular flexibility index (Phi) is 4.25. The molecule has 0 aliphatic carbocycles. The standard InChI is InChI=1S/C16H18N2O2/c1-18(2)14-10-8-13(9-11-14)17-15(16(19)20)12-6-4-3-5-7-12/h3-11,15,17H,1-2H3,(H,19,20). The van der Waals surface area contributed by atoms with Crippen LogP contribution >= 0.6 is 0 Å². The number of aliphatic carboxylic acids is 1. The number of nitrogens with one attached hydrogen (secondary N) is 1. The number of benzene rings is 2. The molecule has 0 spiro atoms. The van der Waals surface area contributed by atoms with Gasteiger partial charge >= 0.3 is 5.97 Å². The molecule has 0 aromatic heterocycles. The zero-order valence-electron chi connectivity index (χ0n) is 11.6. The summed E-state index contributed by atoms with van der Waals surface area (Å²) in [5.74, 6) is -0.895. The fourth-order valence-corrected chi connectivity index (χ4v) is 1.96. The summed E-state index contributed by atoms with van der Waals surface area (Å²) in [6.45, 7) is 0. The number of rotatable bonds is 5. The van der Waals surface area contributed by atoms with Crippen molar-refractivity contribution in [1.82, 2.24) is 0 Å². The molecule has 1 unspecified atom stereocenters. The van der Waals surface area contributed by atoms with Gasteiger partial charge in [-0.2, -0.15) is 0 Å². The smallest absolute Gasteiger partial charge is 0.330 e. The van der Waals surface area contributed by atoms with Gasteiger partial charge in [-0.05, 0) is 29.8 Å². The second-order valence-corrected chi connectivity index (χ2v) is 4.77. The maximum atomic E-state index is 11.4. The summed E-state index contributed by atoms with van der Waals surface area (Å²) in [6.07, 6.45) is 0. The van der Waals surface area contributed by atoms with E-state index < -0.39 is 12.0 Å². The van der Waals surface area contributed by atoms with E-state index in [0.29, 0.717) is 0 Å². The molecule has 104 valence electrons. The highest BCUT2D eigenvalue weighted by Gasteiger charge is 2.19. The zero-order valence-corrected chi connectivity index (χ0v) is 11.6. The topological polar surface area (TPSA) is 52.6 Å². The third kappa shape index (κ3) is 3.29. The molecule has 0 aliphatic rings. The van der Waals surface area contributed by atoms with Gasteiger partial charge < -0.3 is 15.3 Å². The first-order valence-corrected chi connectivity index (χ1v) is 6.39. The van der Waals surface area contributed by atoms with Crippen molar-refractivity contribution in [1.29, 1.82) is 0 Å². The molecule has 2 aromatic rings. The molecule has 0 fully saturated rings. The van der Waals surface area contributed by atoms with Gasteiger partial charge in [-0.1, -0.05) is 30.3 Å². The second-order valence-electron chi connectivity index (χ2n) is 4.77. The van der Waals surface area contributed by atoms with Crippen LogP contribution in [0.4, 0.5) is 11.4 Å². The van der Waals surface area contributed by atoms with Crippen molar-refractivity contribution in [2.24, 2.45) is 0 Å². The minimum atomic E-state index is -0.895. The maximum absolute atomic E-state index is 11.4. The number of hydrogen-bond donors (Lipinski definition) is 2. The summed E-state index contributed by atoms with van der Waals surface area (Å²) in [5, 5.41) is 12.4. The predicted octanol–water partition coefficient (Wildman–Crippen LogP) is 2.99. The molecule has 2 rings (SSSR count). The minimum absolute atomic E-state index is 0.733. The average Bonchev–Trinajstić information content (AvgIpc) is 2.46. The largest absolute Gasteiger partial charge is 0.479 e. The third-order valence-corrected chi connectivity index (χ3v) is 3.07. The van der Waals surface area contributed by atoms with Crippen LogP contribution in [0.1, 0.15) is 11.6 Å². The molecule has 0 amide bonds. The van der Waals surface area contributed by atoms with E-state index in [-0.39, 0.29) is 0 Å². The molecule has 1 atom stereocenters. The molecular formula is C16H18N2O2. The Morgan fingerprint density at radius 3 is 2.15 bits per heavy atom. The number of carboxylic acids is 1. The molecule has 0 saturated heterocycles. The summed E-state index contributed by atoms with van der Waals surface area (Å²) >= 11 is 0. The van der Waals surface area contributed by atoms with Gasteiger partial charge in [0.25, 0.3) is 0 Å². The summed E-state index contributed by atoms with van der Waals surface area (Å²) in [5.41, 5.74) is 2.59. The Balaban J connectivity index is 2.19. The van der Waals surface area contributed by atoms with E-state index >= 15 is 0 Å². The Morgan fingerprint density at radius 2 is 1.65 bits per heavy atom. The zero-order chi connectivity index (χ0) is 14.5. The van der Waals surface area contributed by atoms with Crippen LogP contribution in [0.5, 0.6) is 0 Å². The highest BCUT2D eigenvalue weighted by atomic mass is 16.4. The molecule has 0 heterocycles. The fourth-order valence-electron chi connectivity index (χ4n) is 1.96. The maximum Gasteiger partial charge on any atom is 0.330 e. The van der Waals surface area contributed by atoms with E-state index in [9.17, 15) is 9.90 Å². The first-order valence-electron chi connectivity index (χ1n) is 6.39. The van der Waals surface area contributed by atoms with E-state index in [0.717, 1.165) is 16.9 Å². The van der Waals surface area contributed by atoms with Crippen molar-refractivity contribution < 1.29 is 9.90 Å². The molecule has 0 radical (unpaired) electrons. The van der Waals surface area contributed by atoms with Gasteiger partial charge in [0.1, 0.15) is 0 Å². The van der Waals surface area contributed by atoms with Crippen molar-refractivity contribution in [3.05, 3.63) is 60.2 Å². The molecule has 20 heavy (non-hydrogen) atoms. The number of carbonyl (C=O) groups is 1. The van der Waals surface area contributed by atoms with Crippen LogP contribution in [0.3, 0.4) is 0 Å². The summed E-state index contributed by atoms with van der Waals surface area (Å²) < 4.78 is 0. The van der Waals surface area contributed by atoms with Crippen LogP contribution in [0.25, 0.3) is 0 Å². The van der Waals surface area contributed by atoms with Gasteiger partial charge in [0.2, 0.25) is 0 Å². The summed E-state index contributed by atoms with van der Waals surface area (Å²) in [6, 6.07) is 16.1. The lowest BCUT2D eigenvalue weighted by Gasteiger charge is -2.17. The first kappa shape index (κ1) is 13.9. The molecule has 0 bridgehead atoms. The molecule has 0 saturated carbocycles. The number of anilines is 2. The highest BCUT2D eigenvalue weighted by molar-refractivity contribution is 5.79. The predicted molar refractivity (Wildman–Crippen MR) is 81.2 cm³/mol. The number of nitrogens with zero attached hydrogens (tertiary/aromatic N) is 1. The van der Waals surface area contributed by atoms with Gasteiger partial charge in [0.05, 0.1) is 0 Å². The van der Waals surface area contributed by atoms with E-state index in [1.807, 2.05) is 61.5 Å². The normalized spacial score (nSPS) is 11.7. The second kappa shape index (κ2) is 6.10. The molecule has 4 heteroatoms. The van der Waals surface area contributed by atoms with Crippen LogP contribution in [-0.2, 0) is 4.79 Å². The fraction of sp³-hybridized carbons (Fsp3) is 0.188. The van der Waals surface area contributed by atoms with Crippen LogP contribution in [-0.4, -0.2) is 25.2 Å². The molecular weight excluding hydrogens is 252 g/mol. The average molecular weight is 270 g/mol. The highest BCUT2D eigenvalue weighted by Crippen LogP contribution is 2.22. The van der Waals surface area contributed by atoms with Gasteiger partial charge in [-0.15, -0.1) is 0 Å². The van der Waals surface area contributed by atoms with Crippen molar-refractivity contribution in [2.75, 3.05) is 24.3 Å². The van der Waals surface area contributed by atoms with Gasteiger partial charge in [0, 0.05) is 25.5 Å². The van der Waals surface area contributed by atoms with Crippen molar-refractivity contribution in [3.8, 4) is 0 Å². The molecule has 2 N–H and O–H groups in total. The Labute approximate surface area is 118 Å². The van der Waals surface area contributed by atoms with E-state index in [1.165, 1.54) is 0 Å². The lowest BCUT2D eigenvalue weighted by Crippen LogP contribution is -2.20. The molecule has 2 aromatic carbocycles. The first-order chi connectivity index (χ1) is 9.58. The Hall–Kier alpha value is -2.49. The monoisotopic (exact) mass is 270 g/mol. The van der Waals surface area contributed by atoms with Gasteiger partial charge in [-0.3, -0.25) is 0 Å². The van der Waals surface area contributed by atoms with Crippen LogP contribution in [0.2, 0.25) is 0 Å². The van der Waals surface area contributed by atoms with Crippen LogP contribution in [0.15, 0.2) is 54.6 Å². The van der Waals surface area contributed by atoms with Crippen molar-refractivity contribution >= 4 is 17.3 Å². The van der Waals surface area contributed by atoms with Crippen molar-refractivity contribution in [2.45, 2.75) is 6.04 Å². The number of hydrogen-bond acceptors (Lipinski definition) is 3.